The molecule has 14 heavy (non-hydrogen) atoms. The molecule has 0 aliphatic heterocycles. The maximum atomic E-state index is 12.9. The predicted molar refractivity (Wildman–Crippen MR) is 50.7 cm³/mol. The molecule has 2 nitrogen and oxygen atoms in total. The summed E-state index contributed by atoms with van der Waals surface area (Å²) >= 11 is 2.94. The summed E-state index contributed by atoms with van der Waals surface area (Å²) in [6, 6.07) is 3.53. The fourth-order valence-electron chi connectivity index (χ4n) is 0.995. The maximum Gasteiger partial charge on any atom is 0.335 e. The summed E-state index contributed by atoms with van der Waals surface area (Å²) in [7, 11) is 0. The monoisotopic (exact) mass is 264 g/mol. The molecule has 0 spiro atoms. The lowest BCUT2D eigenvalue weighted by atomic mass is 10.1. The first-order valence-corrected chi connectivity index (χ1v) is 4.53. The zero-order valence-electron chi connectivity index (χ0n) is 7.22. The predicted octanol–water partition coefficient (Wildman–Crippen LogP) is 3.26. The van der Waals surface area contributed by atoms with Crippen LogP contribution in [-0.2, 0) is 5.92 Å². The average molecular weight is 265 g/mol. The molecule has 0 amide bonds. The molecule has 0 saturated carbocycles. The Labute approximate surface area is 87.7 Å². The van der Waals surface area contributed by atoms with Crippen molar-refractivity contribution >= 4 is 21.9 Å². The van der Waals surface area contributed by atoms with Gasteiger partial charge in [-0.15, -0.1) is 0 Å². The lowest BCUT2D eigenvalue weighted by Gasteiger charge is -2.12. The third-order valence-electron chi connectivity index (χ3n) is 1.69. The van der Waals surface area contributed by atoms with Crippen molar-refractivity contribution in [2.24, 2.45) is 0 Å². The molecule has 0 heterocycles. The summed E-state index contributed by atoms with van der Waals surface area (Å²) in [5, 5.41) is 8.61. The highest BCUT2D eigenvalue weighted by molar-refractivity contribution is 9.10. The fourth-order valence-corrected chi connectivity index (χ4v) is 1.59. The molecule has 0 radical (unpaired) electrons. The number of hydrogen-bond acceptors (Lipinski definition) is 1. The van der Waals surface area contributed by atoms with E-state index in [1.54, 1.807) is 0 Å². The molecule has 76 valence electrons. The maximum absolute atomic E-state index is 12.9. The van der Waals surface area contributed by atoms with Gasteiger partial charge in [0.15, 0.2) is 0 Å². The zero-order chi connectivity index (χ0) is 10.9. The lowest BCUT2D eigenvalue weighted by molar-refractivity contribution is 0.0166. The van der Waals surface area contributed by atoms with Crippen molar-refractivity contribution in [3.05, 3.63) is 33.8 Å². The second-order valence-corrected chi connectivity index (χ2v) is 3.74. The summed E-state index contributed by atoms with van der Waals surface area (Å²) < 4.78 is 26.1. The Morgan fingerprint density at radius 1 is 1.50 bits per heavy atom. The van der Waals surface area contributed by atoms with Crippen LogP contribution in [0.1, 0.15) is 22.8 Å². The molecule has 0 atom stereocenters. The van der Waals surface area contributed by atoms with Crippen LogP contribution in [0, 0.1) is 0 Å². The van der Waals surface area contributed by atoms with E-state index >= 15 is 0 Å². The van der Waals surface area contributed by atoms with E-state index in [-0.39, 0.29) is 15.6 Å². The number of hydrogen-bond donors (Lipinski definition) is 1. The van der Waals surface area contributed by atoms with Crippen molar-refractivity contribution in [3.8, 4) is 0 Å². The molecule has 0 aromatic heterocycles. The van der Waals surface area contributed by atoms with Gasteiger partial charge in [-0.2, -0.15) is 0 Å². The van der Waals surface area contributed by atoms with Gasteiger partial charge in [-0.25, -0.2) is 13.6 Å². The number of carboxylic acid groups (broad SMARTS) is 1. The van der Waals surface area contributed by atoms with Crippen LogP contribution >= 0.6 is 15.9 Å². The summed E-state index contributed by atoms with van der Waals surface area (Å²) in [6.45, 7) is 0.721. The van der Waals surface area contributed by atoms with Crippen molar-refractivity contribution in [2.45, 2.75) is 12.8 Å². The highest BCUT2D eigenvalue weighted by Gasteiger charge is 2.27. The molecule has 0 bridgehead atoms. The summed E-state index contributed by atoms with van der Waals surface area (Å²) in [5.41, 5.74) is -0.470. The minimum Gasteiger partial charge on any atom is -0.478 e. The Morgan fingerprint density at radius 2 is 2.07 bits per heavy atom. The molecule has 1 rings (SSSR count). The van der Waals surface area contributed by atoms with Crippen LogP contribution in [0.4, 0.5) is 8.78 Å². The van der Waals surface area contributed by atoms with E-state index in [1.807, 2.05) is 0 Å². The minimum absolute atomic E-state index is 0.148. The fraction of sp³-hybridized carbons (Fsp3) is 0.222. The van der Waals surface area contributed by atoms with Gasteiger partial charge in [0, 0.05) is 17.0 Å². The highest BCUT2D eigenvalue weighted by atomic mass is 79.9. The van der Waals surface area contributed by atoms with Crippen molar-refractivity contribution < 1.29 is 18.7 Å². The Morgan fingerprint density at radius 3 is 2.50 bits per heavy atom. The summed E-state index contributed by atoms with van der Waals surface area (Å²) in [5.74, 6) is -4.27. The van der Waals surface area contributed by atoms with Crippen LogP contribution in [0.2, 0.25) is 0 Å². The number of alkyl halides is 2. The van der Waals surface area contributed by atoms with Gasteiger partial charge in [0.1, 0.15) is 0 Å². The number of rotatable bonds is 2. The van der Waals surface area contributed by atoms with Gasteiger partial charge >= 0.3 is 5.97 Å². The first-order valence-electron chi connectivity index (χ1n) is 3.73. The molecular weight excluding hydrogens is 258 g/mol. The van der Waals surface area contributed by atoms with E-state index in [1.165, 1.54) is 12.1 Å². The second kappa shape index (κ2) is 3.65. The third-order valence-corrected chi connectivity index (χ3v) is 2.38. The van der Waals surface area contributed by atoms with Gasteiger partial charge in [-0.05, 0) is 18.2 Å². The molecule has 5 heteroatoms. The Hall–Kier alpha value is -0.970. The standard InChI is InChI=1S/C9H7BrF2O2/c1-9(11,12)6-4-5(8(13)14)2-3-7(6)10/h2-4H,1H3,(H,13,14). The van der Waals surface area contributed by atoms with Crippen molar-refractivity contribution in [3.63, 3.8) is 0 Å². The number of carboxylic acids is 1. The SMILES string of the molecule is CC(F)(F)c1cc(C(=O)O)ccc1Br. The number of aromatic carboxylic acids is 1. The summed E-state index contributed by atoms with van der Waals surface area (Å²) in [6.07, 6.45) is 0. The topological polar surface area (TPSA) is 37.3 Å². The number of carbonyl (C=O) groups is 1. The van der Waals surface area contributed by atoms with Crippen LogP contribution in [0.15, 0.2) is 22.7 Å². The normalized spacial score (nSPS) is 11.4. The van der Waals surface area contributed by atoms with Crippen LogP contribution in [0.25, 0.3) is 0 Å². The summed E-state index contributed by atoms with van der Waals surface area (Å²) in [4.78, 5) is 10.5. The van der Waals surface area contributed by atoms with Crippen LogP contribution < -0.4 is 0 Å². The smallest absolute Gasteiger partial charge is 0.335 e. The largest absolute Gasteiger partial charge is 0.478 e. The first kappa shape index (κ1) is 11.1. The van der Waals surface area contributed by atoms with Crippen LogP contribution in [-0.4, -0.2) is 11.1 Å². The van der Waals surface area contributed by atoms with Gasteiger partial charge < -0.3 is 5.11 Å². The van der Waals surface area contributed by atoms with Crippen molar-refractivity contribution in [1.82, 2.24) is 0 Å². The molecule has 0 saturated heterocycles. The van der Waals surface area contributed by atoms with E-state index in [0.717, 1.165) is 13.0 Å². The molecule has 0 aliphatic rings. The molecular formula is C9H7BrF2O2. The van der Waals surface area contributed by atoms with E-state index in [4.69, 9.17) is 5.11 Å². The van der Waals surface area contributed by atoms with E-state index in [2.05, 4.69) is 15.9 Å². The molecule has 0 aliphatic carbocycles. The van der Waals surface area contributed by atoms with E-state index < -0.39 is 11.9 Å². The Bertz CT molecular complexity index is 372. The van der Waals surface area contributed by atoms with Crippen LogP contribution in [0.3, 0.4) is 0 Å². The van der Waals surface area contributed by atoms with Crippen LogP contribution in [0.5, 0.6) is 0 Å². The van der Waals surface area contributed by atoms with Crippen molar-refractivity contribution in [2.75, 3.05) is 0 Å². The van der Waals surface area contributed by atoms with Gasteiger partial charge in [0.05, 0.1) is 5.56 Å². The van der Waals surface area contributed by atoms with Gasteiger partial charge in [-0.1, -0.05) is 15.9 Å². The first-order chi connectivity index (χ1) is 6.32. The van der Waals surface area contributed by atoms with E-state index in [0.29, 0.717) is 0 Å². The Balaban J connectivity index is 3.29. The molecule has 0 fully saturated rings. The Kier molecular flexibility index (Phi) is 2.89. The lowest BCUT2D eigenvalue weighted by Crippen LogP contribution is -2.09. The molecule has 1 aromatic rings. The number of benzene rings is 1. The van der Waals surface area contributed by atoms with Crippen molar-refractivity contribution in [1.29, 1.82) is 0 Å². The quantitative estimate of drug-likeness (QED) is 0.891. The zero-order valence-corrected chi connectivity index (χ0v) is 8.81. The average Bonchev–Trinajstić information content (AvgIpc) is 2.02. The molecule has 1 aromatic carbocycles. The minimum atomic E-state index is -3.05. The van der Waals surface area contributed by atoms with Gasteiger partial charge in [0.2, 0.25) is 0 Å². The van der Waals surface area contributed by atoms with Gasteiger partial charge in [-0.3, -0.25) is 0 Å². The number of halogens is 3. The highest BCUT2D eigenvalue weighted by Crippen LogP contribution is 2.33. The second-order valence-electron chi connectivity index (χ2n) is 2.89. The van der Waals surface area contributed by atoms with E-state index in [9.17, 15) is 13.6 Å². The molecule has 0 unspecified atom stereocenters. The van der Waals surface area contributed by atoms with Gasteiger partial charge in [0.25, 0.3) is 5.92 Å². The third kappa shape index (κ3) is 2.29. The molecule has 1 N–H and O–H groups in total.